The van der Waals surface area contributed by atoms with Crippen LogP contribution in [0.25, 0.3) is 0 Å². The second kappa shape index (κ2) is 9.50. The summed E-state index contributed by atoms with van der Waals surface area (Å²) in [6.45, 7) is 5.90. The average Bonchev–Trinajstić information content (AvgIpc) is 2.75. The second-order valence-corrected chi connectivity index (χ2v) is 9.40. The molecular formula is C24H31BrN4O. The summed E-state index contributed by atoms with van der Waals surface area (Å²) in [6, 6.07) is 14.6. The number of nitrogens with one attached hydrogen (secondary N) is 1. The lowest BCUT2D eigenvalue weighted by atomic mass is 9.95. The van der Waals surface area contributed by atoms with Crippen LogP contribution in [0.1, 0.15) is 33.9 Å². The maximum Gasteiger partial charge on any atom is 0.251 e. The minimum Gasteiger partial charge on any atom is -0.374 e. The van der Waals surface area contributed by atoms with Crippen LogP contribution in [0.5, 0.6) is 0 Å². The maximum atomic E-state index is 12.7. The van der Waals surface area contributed by atoms with E-state index in [-0.39, 0.29) is 11.9 Å². The van der Waals surface area contributed by atoms with Gasteiger partial charge < -0.3 is 15.1 Å². The summed E-state index contributed by atoms with van der Waals surface area (Å²) < 4.78 is 0.980. The van der Waals surface area contributed by atoms with E-state index in [0.29, 0.717) is 12.1 Å². The van der Waals surface area contributed by atoms with Crippen molar-refractivity contribution >= 4 is 27.5 Å². The molecule has 0 aliphatic carbocycles. The summed E-state index contributed by atoms with van der Waals surface area (Å²) in [7, 11) is 4.35. The summed E-state index contributed by atoms with van der Waals surface area (Å²) in [5, 5.41) is 3.19. The van der Waals surface area contributed by atoms with Crippen LogP contribution in [0.4, 0.5) is 5.69 Å². The zero-order valence-corrected chi connectivity index (χ0v) is 19.5. The highest BCUT2D eigenvalue weighted by atomic mass is 79.9. The lowest BCUT2D eigenvalue weighted by Gasteiger charge is -2.39. The molecule has 2 heterocycles. The highest BCUT2D eigenvalue weighted by Crippen LogP contribution is 2.31. The number of hydrogen-bond donors (Lipinski definition) is 1. The average molecular weight is 471 g/mol. The van der Waals surface area contributed by atoms with E-state index < -0.39 is 0 Å². The van der Waals surface area contributed by atoms with Crippen LogP contribution in [0, 0.1) is 0 Å². The number of anilines is 1. The van der Waals surface area contributed by atoms with Gasteiger partial charge in [0.05, 0.1) is 6.04 Å². The Morgan fingerprint density at radius 1 is 1.03 bits per heavy atom. The minimum absolute atomic E-state index is 0.0145. The monoisotopic (exact) mass is 470 g/mol. The number of likely N-dealkylation sites (N-methyl/N-ethyl adjacent to an activating group) is 1. The molecule has 6 heteroatoms. The van der Waals surface area contributed by atoms with Crippen molar-refractivity contribution in [3.63, 3.8) is 0 Å². The van der Waals surface area contributed by atoms with Crippen LogP contribution in [0.2, 0.25) is 0 Å². The largest absolute Gasteiger partial charge is 0.374 e. The Bertz CT molecular complexity index is 877. The Kier molecular flexibility index (Phi) is 6.76. The number of halogens is 1. The van der Waals surface area contributed by atoms with Crippen molar-refractivity contribution in [3.05, 3.63) is 63.6 Å². The number of nitrogens with zero attached hydrogens (tertiary/aromatic N) is 3. The smallest absolute Gasteiger partial charge is 0.251 e. The molecule has 0 unspecified atom stereocenters. The van der Waals surface area contributed by atoms with E-state index in [9.17, 15) is 4.79 Å². The van der Waals surface area contributed by atoms with Crippen molar-refractivity contribution in [1.29, 1.82) is 0 Å². The van der Waals surface area contributed by atoms with Crippen LogP contribution in [0.3, 0.4) is 0 Å². The predicted octanol–water partition coefficient (Wildman–Crippen LogP) is 3.55. The number of amides is 1. The van der Waals surface area contributed by atoms with Crippen molar-refractivity contribution in [2.75, 3.05) is 58.3 Å². The fourth-order valence-corrected chi connectivity index (χ4v) is 4.76. The van der Waals surface area contributed by atoms with Gasteiger partial charge in [0.15, 0.2) is 0 Å². The Morgan fingerprint density at radius 3 is 2.50 bits per heavy atom. The summed E-state index contributed by atoms with van der Waals surface area (Å²) >= 11 is 3.43. The topological polar surface area (TPSA) is 38.8 Å². The fourth-order valence-electron chi connectivity index (χ4n) is 4.50. The van der Waals surface area contributed by atoms with Crippen molar-refractivity contribution in [3.8, 4) is 0 Å². The van der Waals surface area contributed by atoms with Gasteiger partial charge in [-0.3, -0.25) is 9.69 Å². The quantitative estimate of drug-likeness (QED) is 0.724. The summed E-state index contributed by atoms with van der Waals surface area (Å²) in [6.07, 6.45) is 2.33. The molecular weight excluding hydrogens is 440 g/mol. The zero-order valence-electron chi connectivity index (χ0n) is 17.9. The van der Waals surface area contributed by atoms with Gasteiger partial charge in [-0.25, -0.2) is 0 Å². The SMILES string of the molecule is CN1CCN([C@H](CNC(=O)c2ccc(Br)cc2)c2ccc3c(c2)CCCN3C)CC1. The molecule has 160 valence electrons. The molecule has 2 aliphatic heterocycles. The molecule has 30 heavy (non-hydrogen) atoms. The van der Waals surface area contributed by atoms with Crippen LogP contribution >= 0.6 is 15.9 Å². The van der Waals surface area contributed by atoms with Crippen LogP contribution in [-0.4, -0.2) is 69.1 Å². The molecule has 2 aromatic rings. The van der Waals surface area contributed by atoms with E-state index >= 15 is 0 Å². The number of aryl methyl sites for hydroxylation is 1. The zero-order chi connectivity index (χ0) is 21.1. The van der Waals surface area contributed by atoms with Gasteiger partial charge in [0.1, 0.15) is 0 Å². The van der Waals surface area contributed by atoms with Crippen molar-refractivity contribution in [2.24, 2.45) is 0 Å². The van der Waals surface area contributed by atoms with Gasteiger partial charge >= 0.3 is 0 Å². The third-order valence-corrected chi connectivity index (χ3v) is 6.91. The number of benzene rings is 2. The van der Waals surface area contributed by atoms with Gasteiger partial charge in [-0.15, -0.1) is 0 Å². The van der Waals surface area contributed by atoms with Crippen LogP contribution < -0.4 is 10.2 Å². The van der Waals surface area contributed by atoms with E-state index in [1.165, 1.54) is 23.2 Å². The first-order valence-corrected chi connectivity index (χ1v) is 11.6. The molecule has 1 fully saturated rings. The molecule has 0 bridgehead atoms. The number of carbonyl (C=O) groups is 1. The molecule has 5 nitrogen and oxygen atoms in total. The molecule has 4 rings (SSSR count). The van der Waals surface area contributed by atoms with Crippen molar-refractivity contribution in [1.82, 2.24) is 15.1 Å². The highest BCUT2D eigenvalue weighted by molar-refractivity contribution is 9.10. The van der Waals surface area contributed by atoms with Gasteiger partial charge in [-0.1, -0.05) is 28.1 Å². The van der Waals surface area contributed by atoms with Gasteiger partial charge in [-0.05, 0) is 61.3 Å². The summed E-state index contributed by atoms with van der Waals surface area (Å²) in [5.74, 6) is -0.0145. The third-order valence-electron chi connectivity index (χ3n) is 6.38. The normalized spacial score (nSPS) is 18.7. The minimum atomic E-state index is -0.0145. The van der Waals surface area contributed by atoms with Crippen molar-refractivity contribution < 1.29 is 4.79 Å². The molecule has 0 spiro atoms. The number of hydrogen-bond acceptors (Lipinski definition) is 4. The van der Waals surface area contributed by atoms with E-state index in [1.54, 1.807) is 0 Å². The lowest BCUT2D eigenvalue weighted by Crippen LogP contribution is -2.48. The molecule has 1 amide bonds. The van der Waals surface area contributed by atoms with E-state index in [2.05, 4.69) is 68.2 Å². The van der Waals surface area contributed by atoms with Gasteiger partial charge in [-0.2, -0.15) is 0 Å². The molecule has 1 saturated heterocycles. The molecule has 2 aliphatic rings. The maximum absolute atomic E-state index is 12.7. The fraction of sp³-hybridized carbons (Fsp3) is 0.458. The van der Waals surface area contributed by atoms with E-state index in [1.807, 2.05) is 24.3 Å². The number of piperazine rings is 1. The molecule has 1 atom stereocenters. The number of rotatable bonds is 5. The molecule has 2 aromatic carbocycles. The summed E-state index contributed by atoms with van der Waals surface area (Å²) in [5.41, 5.74) is 4.78. The number of fused-ring (bicyclic) bond motifs is 1. The van der Waals surface area contributed by atoms with Gasteiger partial charge in [0.2, 0.25) is 0 Å². The van der Waals surface area contributed by atoms with Crippen LogP contribution in [0.15, 0.2) is 46.9 Å². The summed E-state index contributed by atoms with van der Waals surface area (Å²) in [4.78, 5) is 20.0. The Balaban J connectivity index is 1.54. The van der Waals surface area contributed by atoms with Gasteiger partial charge in [0.25, 0.3) is 5.91 Å². The molecule has 0 saturated carbocycles. The molecule has 0 radical (unpaired) electrons. The van der Waals surface area contributed by atoms with Crippen molar-refractivity contribution in [2.45, 2.75) is 18.9 Å². The third kappa shape index (κ3) is 4.88. The predicted molar refractivity (Wildman–Crippen MR) is 126 cm³/mol. The van der Waals surface area contributed by atoms with Gasteiger partial charge in [0, 0.05) is 62.0 Å². The Hall–Kier alpha value is -1.89. The Morgan fingerprint density at radius 2 is 1.77 bits per heavy atom. The van der Waals surface area contributed by atoms with Crippen LogP contribution in [-0.2, 0) is 6.42 Å². The number of carbonyl (C=O) groups excluding carboxylic acids is 1. The standard InChI is InChI=1S/C24H31BrN4O/c1-27-12-14-29(15-13-27)23(17-26-24(30)18-5-8-21(25)9-6-18)20-7-10-22-19(16-20)4-3-11-28(22)2/h5-10,16,23H,3-4,11-15,17H2,1-2H3,(H,26,30)/t23-/m1/s1. The first-order chi connectivity index (χ1) is 14.5. The first kappa shape index (κ1) is 21.3. The highest BCUT2D eigenvalue weighted by Gasteiger charge is 2.26. The Labute approximate surface area is 188 Å². The van der Waals surface area contributed by atoms with E-state index in [4.69, 9.17) is 0 Å². The molecule has 0 aromatic heterocycles. The molecule has 1 N–H and O–H groups in total. The lowest BCUT2D eigenvalue weighted by molar-refractivity contribution is 0.0886. The second-order valence-electron chi connectivity index (χ2n) is 8.49. The first-order valence-electron chi connectivity index (χ1n) is 10.8. The van der Waals surface area contributed by atoms with E-state index in [0.717, 1.165) is 43.6 Å².